The van der Waals surface area contributed by atoms with E-state index in [0.717, 1.165) is 12.0 Å². The van der Waals surface area contributed by atoms with E-state index in [1.54, 1.807) is 6.08 Å². The summed E-state index contributed by atoms with van der Waals surface area (Å²) in [5.74, 6) is 0.277. The largest absolute Gasteiger partial charge is 0.394 e. The van der Waals surface area contributed by atoms with Gasteiger partial charge in [-0.3, -0.25) is 4.79 Å². The van der Waals surface area contributed by atoms with Crippen LogP contribution in [0.5, 0.6) is 0 Å². The van der Waals surface area contributed by atoms with Crippen molar-refractivity contribution in [1.82, 2.24) is 5.32 Å². The molecule has 18 heavy (non-hydrogen) atoms. The van der Waals surface area contributed by atoms with Crippen LogP contribution >= 0.6 is 0 Å². The average Bonchev–Trinajstić information content (AvgIpc) is 2.36. The van der Waals surface area contributed by atoms with E-state index in [0.29, 0.717) is 5.92 Å². The van der Waals surface area contributed by atoms with Crippen LogP contribution < -0.4 is 5.32 Å². The molecule has 1 aromatic carbocycles. The number of nitrogens with one attached hydrogen (secondary N) is 1. The molecule has 3 nitrogen and oxygen atoms in total. The molecular weight excluding hydrogens is 226 g/mol. The molecule has 1 amide bonds. The SMILES string of the molecule is CC(C)CC(CO)NC(=O)C=Cc1ccccc1. The second kappa shape index (κ2) is 7.67. The Hall–Kier alpha value is -1.61. The first-order chi connectivity index (χ1) is 8.61. The van der Waals surface area contributed by atoms with Crippen molar-refractivity contribution in [3.8, 4) is 0 Å². The highest BCUT2D eigenvalue weighted by Crippen LogP contribution is 2.05. The molecule has 0 aliphatic rings. The van der Waals surface area contributed by atoms with Crippen LogP contribution in [0.2, 0.25) is 0 Å². The van der Waals surface area contributed by atoms with E-state index >= 15 is 0 Å². The third-order valence-corrected chi connectivity index (χ3v) is 2.55. The molecule has 0 saturated heterocycles. The summed E-state index contributed by atoms with van der Waals surface area (Å²) in [4.78, 5) is 11.7. The van der Waals surface area contributed by atoms with Crippen molar-refractivity contribution < 1.29 is 9.90 Å². The fourth-order valence-corrected chi connectivity index (χ4v) is 1.73. The lowest BCUT2D eigenvalue weighted by Gasteiger charge is -2.17. The third-order valence-electron chi connectivity index (χ3n) is 2.55. The number of carbonyl (C=O) groups is 1. The number of aliphatic hydroxyl groups excluding tert-OH is 1. The number of amides is 1. The molecule has 2 N–H and O–H groups in total. The van der Waals surface area contributed by atoms with Gasteiger partial charge in [-0.1, -0.05) is 44.2 Å². The first-order valence-corrected chi connectivity index (χ1v) is 6.26. The van der Waals surface area contributed by atoms with Gasteiger partial charge < -0.3 is 10.4 Å². The lowest BCUT2D eigenvalue weighted by molar-refractivity contribution is -0.117. The molecular formula is C15H21NO2. The van der Waals surface area contributed by atoms with Crippen LogP contribution in [-0.2, 0) is 4.79 Å². The Bertz CT molecular complexity index is 385. The minimum absolute atomic E-state index is 0.0247. The van der Waals surface area contributed by atoms with Crippen molar-refractivity contribution >= 4 is 12.0 Å². The van der Waals surface area contributed by atoms with Crippen LogP contribution in [0.15, 0.2) is 36.4 Å². The summed E-state index contributed by atoms with van der Waals surface area (Å²) >= 11 is 0. The van der Waals surface area contributed by atoms with E-state index in [4.69, 9.17) is 0 Å². The highest BCUT2D eigenvalue weighted by molar-refractivity contribution is 5.91. The Morgan fingerprint density at radius 2 is 2.00 bits per heavy atom. The molecule has 1 aromatic rings. The highest BCUT2D eigenvalue weighted by atomic mass is 16.3. The van der Waals surface area contributed by atoms with Crippen molar-refractivity contribution in [3.05, 3.63) is 42.0 Å². The van der Waals surface area contributed by atoms with Crippen LogP contribution in [0.4, 0.5) is 0 Å². The fraction of sp³-hybridized carbons (Fsp3) is 0.400. The van der Waals surface area contributed by atoms with E-state index in [9.17, 15) is 9.90 Å². The highest BCUT2D eigenvalue weighted by Gasteiger charge is 2.10. The topological polar surface area (TPSA) is 49.3 Å². The van der Waals surface area contributed by atoms with Gasteiger partial charge in [0, 0.05) is 6.08 Å². The molecule has 0 aliphatic heterocycles. The molecule has 3 heteroatoms. The molecule has 0 fully saturated rings. The zero-order valence-corrected chi connectivity index (χ0v) is 11.0. The zero-order chi connectivity index (χ0) is 13.4. The summed E-state index contributed by atoms with van der Waals surface area (Å²) in [5, 5.41) is 12.0. The predicted octanol–water partition coefficient (Wildman–Crippen LogP) is 2.22. The van der Waals surface area contributed by atoms with Crippen LogP contribution in [0.25, 0.3) is 6.08 Å². The van der Waals surface area contributed by atoms with Gasteiger partial charge in [-0.15, -0.1) is 0 Å². The van der Waals surface area contributed by atoms with Gasteiger partial charge in [-0.2, -0.15) is 0 Å². The Balaban J connectivity index is 2.48. The molecule has 0 aliphatic carbocycles. The van der Waals surface area contributed by atoms with Crippen LogP contribution in [-0.4, -0.2) is 23.7 Å². The normalized spacial score (nSPS) is 12.9. The Labute approximate surface area is 109 Å². The summed E-state index contributed by atoms with van der Waals surface area (Å²) < 4.78 is 0. The smallest absolute Gasteiger partial charge is 0.244 e. The molecule has 0 bridgehead atoms. The number of carbonyl (C=O) groups excluding carboxylic acids is 1. The molecule has 0 saturated carbocycles. The van der Waals surface area contributed by atoms with Crippen LogP contribution in [0.3, 0.4) is 0 Å². The van der Waals surface area contributed by atoms with Gasteiger partial charge >= 0.3 is 0 Å². The summed E-state index contributed by atoms with van der Waals surface area (Å²) in [7, 11) is 0. The van der Waals surface area contributed by atoms with Gasteiger partial charge in [-0.25, -0.2) is 0 Å². The minimum Gasteiger partial charge on any atom is -0.394 e. The van der Waals surface area contributed by atoms with Gasteiger partial charge in [0.05, 0.1) is 12.6 Å². The summed E-state index contributed by atoms with van der Waals surface area (Å²) in [6.07, 6.45) is 4.04. The van der Waals surface area contributed by atoms with Gasteiger partial charge in [-0.05, 0) is 24.0 Å². The molecule has 98 valence electrons. The maximum absolute atomic E-state index is 11.7. The summed E-state index contributed by atoms with van der Waals surface area (Å²) in [6, 6.07) is 9.47. The first kappa shape index (κ1) is 14.5. The van der Waals surface area contributed by atoms with Crippen molar-refractivity contribution in [2.24, 2.45) is 5.92 Å². The lowest BCUT2D eigenvalue weighted by atomic mass is 10.0. The quantitative estimate of drug-likeness (QED) is 0.757. The minimum atomic E-state index is -0.169. The lowest BCUT2D eigenvalue weighted by Crippen LogP contribution is -2.37. The van der Waals surface area contributed by atoms with Gasteiger partial charge in [0.1, 0.15) is 0 Å². The molecule has 0 spiro atoms. The fourth-order valence-electron chi connectivity index (χ4n) is 1.73. The standard InChI is InChI=1S/C15H21NO2/c1-12(2)10-14(11-17)16-15(18)9-8-13-6-4-3-5-7-13/h3-9,12,14,17H,10-11H2,1-2H3,(H,16,18). The van der Waals surface area contributed by atoms with Crippen LogP contribution in [0.1, 0.15) is 25.8 Å². The number of benzene rings is 1. The number of aliphatic hydroxyl groups is 1. The predicted molar refractivity (Wildman–Crippen MR) is 73.9 cm³/mol. The summed E-state index contributed by atoms with van der Waals surface area (Å²) in [6.45, 7) is 4.10. The zero-order valence-electron chi connectivity index (χ0n) is 11.0. The van der Waals surface area contributed by atoms with Crippen molar-refractivity contribution in [2.75, 3.05) is 6.61 Å². The van der Waals surface area contributed by atoms with E-state index in [-0.39, 0.29) is 18.6 Å². The maximum atomic E-state index is 11.7. The Morgan fingerprint density at radius 1 is 1.33 bits per heavy atom. The molecule has 1 atom stereocenters. The number of hydrogen-bond acceptors (Lipinski definition) is 2. The van der Waals surface area contributed by atoms with E-state index in [1.807, 2.05) is 30.3 Å². The van der Waals surface area contributed by atoms with Crippen molar-refractivity contribution in [3.63, 3.8) is 0 Å². The van der Waals surface area contributed by atoms with Gasteiger partial charge in [0.25, 0.3) is 0 Å². The van der Waals surface area contributed by atoms with E-state index in [1.165, 1.54) is 6.08 Å². The molecule has 1 unspecified atom stereocenters. The van der Waals surface area contributed by atoms with Crippen molar-refractivity contribution in [2.45, 2.75) is 26.3 Å². The number of rotatable bonds is 6. The first-order valence-electron chi connectivity index (χ1n) is 6.26. The molecule has 0 heterocycles. The monoisotopic (exact) mass is 247 g/mol. The maximum Gasteiger partial charge on any atom is 0.244 e. The number of hydrogen-bond donors (Lipinski definition) is 2. The van der Waals surface area contributed by atoms with E-state index < -0.39 is 0 Å². The summed E-state index contributed by atoms with van der Waals surface area (Å²) in [5.41, 5.74) is 0.983. The molecule has 0 aromatic heterocycles. The van der Waals surface area contributed by atoms with Gasteiger partial charge in [0.15, 0.2) is 0 Å². The second-order valence-electron chi connectivity index (χ2n) is 4.76. The van der Waals surface area contributed by atoms with Crippen LogP contribution in [0, 0.1) is 5.92 Å². The second-order valence-corrected chi connectivity index (χ2v) is 4.76. The van der Waals surface area contributed by atoms with Crippen molar-refractivity contribution in [1.29, 1.82) is 0 Å². The van der Waals surface area contributed by atoms with Gasteiger partial charge in [0.2, 0.25) is 5.91 Å². The third kappa shape index (κ3) is 5.64. The Kier molecular flexibility index (Phi) is 6.15. The average molecular weight is 247 g/mol. The molecule has 1 rings (SSSR count). The Morgan fingerprint density at radius 3 is 2.56 bits per heavy atom. The van der Waals surface area contributed by atoms with E-state index in [2.05, 4.69) is 19.2 Å². The molecule has 0 radical (unpaired) electrons.